The first-order valence-electron chi connectivity index (χ1n) is 7.28. The maximum atomic E-state index is 12.9. The fraction of sp³-hybridized carbons (Fsp3) is 0.0588. The van der Waals surface area contributed by atoms with Crippen LogP contribution in [0.4, 0.5) is 13.2 Å². The molecule has 4 nitrogen and oxygen atoms in total. The molecule has 1 aromatic carbocycles. The third-order valence-corrected chi connectivity index (χ3v) is 4.26. The number of nitrogens with zero attached hydrogens (tertiary/aromatic N) is 3. The number of halogens is 4. The quantitative estimate of drug-likeness (QED) is 0.497. The number of aromatic amines is 1. The number of H-pyrrole nitrogens is 1. The lowest BCUT2D eigenvalue weighted by Gasteiger charge is -2.07. The highest BCUT2D eigenvalue weighted by Gasteiger charge is 2.30. The van der Waals surface area contributed by atoms with Gasteiger partial charge in [-0.2, -0.15) is 18.3 Å². The van der Waals surface area contributed by atoms with Gasteiger partial charge in [-0.1, -0.05) is 0 Å². The molecule has 0 aliphatic heterocycles. The van der Waals surface area contributed by atoms with Gasteiger partial charge < -0.3 is 4.98 Å². The van der Waals surface area contributed by atoms with Gasteiger partial charge in [-0.3, -0.25) is 4.98 Å². The first-order chi connectivity index (χ1) is 11.9. The molecule has 0 unspecified atom stereocenters. The number of pyridine rings is 1. The van der Waals surface area contributed by atoms with E-state index in [4.69, 9.17) is 0 Å². The smallest absolute Gasteiger partial charge is 0.354 e. The second-order valence-corrected chi connectivity index (χ2v) is 6.27. The van der Waals surface area contributed by atoms with Gasteiger partial charge >= 0.3 is 6.18 Å². The van der Waals surface area contributed by atoms with E-state index in [1.807, 2.05) is 0 Å². The third-order valence-electron chi connectivity index (χ3n) is 3.84. The van der Waals surface area contributed by atoms with Gasteiger partial charge in [-0.05, 0) is 52.3 Å². The maximum Gasteiger partial charge on any atom is 0.416 e. The number of rotatable bonds is 2. The van der Waals surface area contributed by atoms with Gasteiger partial charge in [0.15, 0.2) is 0 Å². The van der Waals surface area contributed by atoms with Gasteiger partial charge in [-0.15, -0.1) is 0 Å². The van der Waals surface area contributed by atoms with Crippen LogP contribution in [0.2, 0.25) is 0 Å². The number of aromatic nitrogens is 4. The van der Waals surface area contributed by atoms with Gasteiger partial charge in [0.25, 0.3) is 0 Å². The standard InChI is InChI=1S/C17H10BrF3N4/c18-16-4-6-25(24-16)15-9-22-5-3-12(15)14-8-10-7-11(17(19,20)21)1-2-13(10)23-14/h1-9,23H. The van der Waals surface area contributed by atoms with E-state index in [0.29, 0.717) is 21.2 Å². The summed E-state index contributed by atoms with van der Waals surface area (Å²) in [6.45, 7) is 0. The second kappa shape index (κ2) is 5.73. The van der Waals surface area contributed by atoms with Crippen LogP contribution in [0.3, 0.4) is 0 Å². The molecule has 0 saturated heterocycles. The lowest BCUT2D eigenvalue weighted by atomic mass is 10.1. The molecule has 25 heavy (non-hydrogen) atoms. The minimum Gasteiger partial charge on any atom is -0.354 e. The van der Waals surface area contributed by atoms with Crippen LogP contribution in [0.15, 0.2) is 59.6 Å². The van der Waals surface area contributed by atoms with E-state index in [1.165, 1.54) is 6.07 Å². The van der Waals surface area contributed by atoms with Crippen molar-refractivity contribution >= 4 is 26.8 Å². The number of nitrogens with one attached hydrogen (secondary N) is 1. The Kier molecular flexibility index (Phi) is 3.64. The molecule has 126 valence electrons. The fourth-order valence-electron chi connectivity index (χ4n) is 2.69. The van der Waals surface area contributed by atoms with E-state index in [0.717, 1.165) is 23.4 Å². The van der Waals surface area contributed by atoms with E-state index in [9.17, 15) is 13.2 Å². The predicted molar refractivity (Wildman–Crippen MR) is 91.4 cm³/mol. The summed E-state index contributed by atoms with van der Waals surface area (Å²) in [6.07, 6.45) is 0.690. The summed E-state index contributed by atoms with van der Waals surface area (Å²) in [5.41, 5.74) is 2.16. The van der Waals surface area contributed by atoms with E-state index in [2.05, 4.69) is 31.0 Å². The Hall–Kier alpha value is -2.61. The Labute approximate surface area is 148 Å². The molecular weight excluding hydrogens is 397 g/mol. The molecule has 0 spiro atoms. The SMILES string of the molecule is FC(F)(F)c1ccc2[nH]c(-c3ccncc3-n3ccc(Br)n3)cc2c1. The Bertz CT molecular complexity index is 1070. The monoisotopic (exact) mass is 406 g/mol. The summed E-state index contributed by atoms with van der Waals surface area (Å²) < 4.78 is 41.0. The summed E-state index contributed by atoms with van der Waals surface area (Å²) in [6, 6.07) is 8.92. The number of fused-ring (bicyclic) bond motifs is 1. The average molecular weight is 407 g/mol. The summed E-state index contributed by atoms with van der Waals surface area (Å²) in [7, 11) is 0. The predicted octanol–water partition coefficient (Wildman–Crippen LogP) is 5.20. The summed E-state index contributed by atoms with van der Waals surface area (Å²) in [4.78, 5) is 7.28. The van der Waals surface area contributed by atoms with Crippen molar-refractivity contribution in [3.05, 3.63) is 65.2 Å². The summed E-state index contributed by atoms with van der Waals surface area (Å²) in [5, 5.41) is 4.79. The van der Waals surface area contributed by atoms with Gasteiger partial charge in [-0.25, -0.2) is 4.68 Å². The van der Waals surface area contributed by atoms with Crippen molar-refractivity contribution in [2.45, 2.75) is 6.18 Å². The van der Waals surface area contributed by atoms with Crippen molar-refractivity contribution in [2.75, 3.05) is 0 Å². The number of benzene rings is 1. The molecule has 3 heterocycles. The molecule has 0 bridgehead atoms. The van der Waals surface area contributed by atoms with Crippen molar-refractivity contribution in [1.29, 1.82) is 0 Å². The molecule has 0 aliphatic rings. The third kappa shape index (κ3) is 2.93. The van der Waals surface area contributed by atoms with Crippen molar-refractivity contribution in [1.82, 2.24) is 19.7 Å². The van der Waals surface area contributed by atoms with Crippen LogP contribution in [-0.2, 0) is 6.18 Å². The first kappa shape index (κ1) is 15.9. The lowest BCUT2D eigenvalue weighted by Crippen LogP contribution is -2.03. The second-order valence-electron chi connectivity index (χ2n) is 5.46. The molecule has 0 radical (unpaired) electrons. The number of hydrogen-bond acceptors (Lipinski definition) is 2. The van der Waals surface area contributed by atoms with Gasteiger partial charge in [0.1, 0.15) is 4.60 Å². The molecule has 0 aliphatic carbocycles. The van der Waals surface area contributed by atoms with E-state index >= 15 is 0 Å². The van der Waals surface area contributed by atoms with Crippen LogP contribution in [0.1, 0.15) is 5.56 Å². The average Bonchev–Trinajstić information content (AvgIpc) is 3.19. The Morgan fingerprint density at radius 2 is 1.92 bits per heavy atom. The molecule has 0 fully saturated rings. The zero-order chi connectivity index (χ0) is 17.6. The molecule has 4 aromatic rings. The zero-order valence-corrected chi connectivity index (χ0v) is 14.1. The highest BCUT2D eigenvalue weighted by atomic mass is 79.9. The van der Waals surface area contributed by atoms with Crippen LogP contribution in [0.25, 0.3) is 27.8 Å². The van der Waals surface area contributed by atoms with Gasteiger partial charge in [0, 0.05) is 34.6 Å². The molecule has 3 aromatic heterocycles. The van der Waals surface area contributed by atoms with Crippen LogP contribution in [0, 0.1) is 0 Å². The lowest BCUT2D eigenvalue weighted by molar-refractivity contribution is -0.137. The molecule has 0 saturated carbocycles. The Morgan fingerprint density at radius 1 is 1.08 bits per heavy atom. The highest BCUT2D eigenvalue weighted by molar-refractivity contribution is 9.10. The van der Waals surface area contributed by atoms with Crippen molar-refractivity contribution in [2.24, 2.45) is 0 Å². The normalized spacial score (nSPS) is 12.0. The first-order valence-corrected chi connectivity index (χ1v) is 8.07. The summed E-state index contributed by atoms with van der Waals surface area (Å²) >= 11 is 3.30. The van der Waals surface area contributed by atoms with Crippen LogP contribution in [0.5, 0.6) is 0 Å². The number of hydrogen-bond donors (Lipinski definition) is 1. The van der Waals surface area contributed by atoms with Crippen LogP contribution in [-0.4, -0.2) is 19.7 Å². The van der Waals surface area contributed by atoms with E-state index in [-0.39, 0.29) is 0 Å². The zero-order valence-electron chi connectivity index (χ0n) is 12.5. The maximum absolute atomic E-state index is 12.9. The van der Waals surface area contributed by atoms with Crippen molar-refractivity contribution in [3.8, 4) is 16.9 Å². The molecular formula is C17H10BrF3N4. The summed E-state index contributed by atoms with van der Waals surface area (Å²) in [5.74, 6) is 0. The highest BCUT2D eigenvalue weighted by Crippen LogP contribution is 2.34. The van der Waals surface area contributed by atoms with Crippen LogP contribution < -0.4 is 0 Å². The molecule has 0 atom stereocenters. The Morgan fingerprint density at radius 3 is 2.64 bits per heavy atom. The van der Waals surface area contributed by atoms with E-state index < -0.39 is 11.7 Å². The van der Waals surface area contributed by atoms with Gasteiger partial charge in [0.2, 0.25) is 0 Å². The molecule has 0 amide bonds. The van der Waals surface area contributed by atoms with E-state index in [1.54, 1.807) is 41.5 Å². The minimum absolute atomic E-state index is 0.495. The van der Waals surface area contributed by atoms with Gasteiger partial charge in [0.05, 0.1) is 17.4 Å². The fourth-order valence-corrected chi connectivity index (χ4v) is 2.98. The largest absolute Gasteiger partial charge is 0.416 e. The minimum atomic E-state index is -4.37. The molecule has 8 heteroatoms. The Balaban J connectivity index is 1.85. The molecule has 1 N–H and O–H groups in total. The number of alkyl halides is 3. The molecule has 4 rings (SSSR count). The topological polar surface area (TPSA) is 46.5 Å². The van der Waals surface area contributed by atoms with Crippen LogP contribution >= 0.6 is 15.9 Å². The van der Waals surface area contributed by atoms with Crippen molar-refractivity contribution in [3.63, 3.8) is 0 Å². The van der Waals surface area contributed by atoms with Crippen molar-refractivity contribution < 1.29 is 13.2 Å².